The third kappa shape index (κ3) is 3.92. The topological polar surface area (TPSA) is 66.9 Å². The molecule has 5 nitrogen and oxygen atoms in total. The fourth-order valence-corrected chi connectivity index (χ4v) is 2.07. The van der Waals surface area contributed by atoms with E-state index in [1.165, 1.54) is 24.4 Å². The fourth-order valence-electron chi connectivity index (χ4n) is 2.07. The molecule has 0 spiro atoms. The lowest BCUT2D eigenvalue weighted by molar-refractivity contribution is 0.102. The summed E-state index contributed by atoms with van der Waals surface area (Å²) in [6.45, 7) is 1.97. The lowest BCUT2D eigenvalue weighted by Crippen LogP contribution is -2.14. The monoisotopic (exact) mass is 322 g/mol. The lowest BCUT2D eigenvalue weighted by atomic mass is 10.2. The van der Waals surface area contributed by atoms with Crippen LogP contribution in [0, 0.1) is 12.7 Å². The minimum Gasteiger partial charge on any atom is -0.324 e. The number of carbonyl (C=O) groups excluding carboxylic acids is 1. The Hall–Kier alpha value is -3.28. The molecule has 2 N–H and O–H groups in total. The number of rotatable bonds is 4. The van der Waals surface area contributed by atoms with Crippen LogP contribution < -0.4 is 10.6 Å². The number of benzene rings is 2. The zero-order chi connectivity index (χ0) is 16.9. The van der Waals surface area contributed by atoms with Gasteiger partial charge in [-0.3, -0.25) is 4.79 Å². The van der Waals surface area contributed by atoms with Gasteiger partial charge in [-0.25, -0.2) is 14.4 Å². The van der Waals surface area contributed by atoms with Crippen molar-refractivity contribution in [1.29, 1.82) is 0 Å². The van der Waals surface area contributed by atoms with E-state index in [2.05, 4.69) is 20.6 Å². The van der Waals surface area contributed by atoms with Gasteiger partial charge in [0.05, 0.1) is 0 Å². The highest BCUT2D eigenvalue weighted by Crippen LogP contribution is 2.15. The van der Waals surface area contributed by atoms with Crippen LogP contribution in [0.25, 0.3) is 0 Å². The molecule has 3 rings (SSSR count). The van der Waals surface area contributed by atoms with Gasteiger partial charge in [-0.05, 0) is 43.3 Å². The molecule has 0 bridgehead atoms. The van der Waals surface area contributed by atoms with Gasteiger partial charge in [0.15, 0.2) is 0 Å². The Morgan fingerprint density at radius 1 is 1.04 bits per heavy atom. The second-order valence-electron chi connectivity index (χ2n) is 5.22. The number of hydrogen-bond acceptors (Lipinski definition) is 4. The van der Waals surface area contributed by atoms with Crippen molar-refractivity contribution >= 4 is 23.2 Å². The second kappa shape index (κ2) is 6.87. The van der Waals surface area contributed by atoms with Crippen LogP contribution >= 0.6 is 0 Å². The van der Waals surface area contributed by atoms with Gasteiger partial charge in [-0.1, -0.05) is 23.8 Å². The van der Waals surface area contributed by atoms with Crippen molar-refractivity contribution < 1.29 is 9.18 Å². The molecular formula is C18H15FN4O. The first-order chi connectivity index (χ1) is 11.6. The van der Waals surface area contributed by atoms with E-state index in [0.717, 1.165) is 5.56 Å². The molecule has 0 saturated heterocycles. The maximum atomic E-state index is 13.2. The van der Waals surface area contributed by atoms with Gasteiger partial charge in [-0.2, -0.15) is 0 Å². The van der Waals surface area contributed by atoms with Crippen molar-refractivity contribution in [2.75, 3.05) is 10.6 Å². The highest BCUT2D eigenvalue weighted by Gasteiger charge is 2.09. The third-order valence-electron chi connectivity index (χ3n) is 3.28. The summed E-state index contributed by atoms with van der Waals surface area (Å²) in [6, 6.07) is 14.9. The number of amides is 1. The first kappa shape index (κ1) is 15.6. The van der Waals surface area contributed by atoms with E-state index in [4.69, 9.17) is 0 Å². The van der Waals surface area contributed by atoms with Gasteiger partial charge in [0, 0.05) is 17.6 Å². The van der Waals surface area contributed by atoms with Crippen LogP contribution in [0.4, 0.5) is 21.7 Å². The summed E-state index contributed by atoms with van der Waals surface area (Å²) in [5.41, 5.74) is 2.51. The maximum Gasteiger partial charge on any atom is 0.274 e. The number of aryl methyl sites for hydroxylation is 1. The van der Waals surface area contributed by atoms with E-state index in [0.29, 0.717) is 11.4 Å². The molecule has 1 heterocycles. The second-order valence-corrected chi connectivity index (χ2v) is 5.22. The number of nitrogens with one attached hydrogen (secondary N) is 2. The van der Waals surface area contributed by atoms with E-state index < -0.39 is 0 Å². The highest BCUT2D eigenvalue weighted by molar-refractivity contribution is 6.03. The predicted molar refractivity (Wildman–Crippen MR) is 90.8 cm³/mol. The summed E-state index contributed by atoms with van der Waals surface area (Å²) >= 11 is 0. The Balaban J connectivity index is 1.74. The third-order valence-corrected chi connectivity index (χ3v) is 3.28. The van der Waals surface area contributed by atoms with Crippen molar-refractivity contribution in [3.8, 4) is 0 Å². The Bertz CT molecular complexity index is 865. The highest BCUT2D eigenvalue weighted by atomic mass is 19.1. The standard InChI is InChI=1S/C18H15FN4O/c1-12-5-7-14(8-6-12)21-17(24)16-9-10-20-18(23-16)22-15-4-2-3-13(19)11-15/h2-11H,1H3,(H,21,24)(H,20,22,23). The number of halogens is 1. The van der Waals surface area contributed by atoms with Crippen molar-refractivity contribution in [1.82, 2.24) is 9.97 Å². The van der Waals surface area contributed by atoms with Crippen LogP contribution in [-0.4, -0.2) is 15.9 Å². The molecule has 120 valence electrons. The number of carbonyl (C=O) groups is 1. The molecule has 0 saturated carbocycles. The molecule has 0 aliphatic carbocycles. The first-order valence-electron chi connectivity index (χ1n) is 7.34. The van der Waals surface area contributed by atoms with Crippen molar-refractivity contribution in [3.63, 3.8) is 0 Å². The Kier molecular flexibility index (Phi) is 4.47. The number of hydrogen-bond donors (Lipinski definition) is 2. The largest absolute Gasteiger partial charge is 0.324 e. The van der Waals surface area contributed by atoms with Crippen LogP contribution in [0.3, 0.4) is 0 Å². The summed E-state index contributed by atoms with van der Waals surface area (Å²) in [7, 11) is 0. The summed E-state index contributed by atoms with van der Waals surface area (Å²) in [5, 5.41) is 5.64. The zero-order valence-electron chi connectivity index (χ0n) is 13.0. The van der Waals surface area contributed by atoms with E-state index in [1.54, 1.807) is 12.1 Å². The van der Waals surface area contributed by atoms with Crippen LogP contribution in [0.15, 0.2) is 60.8 Å². The molecule has 1 amide bonds. The van der Waals surface area contributed by atoms with E-state index in [9.17, 15) is 9.18 Å². The van der Waals surface area contributed by atoms with Crippen LogP contribution in [0.5, 0.6) is 0 Å². The van der Waals surface area contributed by atoms with Gasteiger partial charge in [0.25, 0.3) is 5.91 Å². The average Bonchev–Trinajstić information content (AvgIpc) is 2.57. The minimum atomic E-state index is -0.367. The maximum absolute atomic E-state index is 13.2. The SMILES string of the molecule is Cc1ccc(NC(=O)c2ccnc(Nc3cccc(F)c3)n2)cc1. The van der Waals surface area contributed by atoms with Gasteiger partial charge in [0.2, 0.25) is 5.95 Å². The number of anilines is 3. The normalized spacial score (nSPS) is 10.2. The first-order valence-corrected chi connectivity index (χ1v) is 7.34. The molecule has 3 aromatic rings. The van der Waals surface area contributed by atoms with Crippen LogP contribution in [0.1, 0.15) is 16.1 Å². The molecule has 0 aliphatic heterocycles. The van der Waals surface area contributed by atoms with Gasteiger partial charge in [0.1, 0.15) is 11.5 Å². The molecular weight excluding hydrogens is 307 g/mol. The van der Waals surface area contributed by atoms with Crippen LogP contribution in [-0.2, 0) is 0 Å². The Morgan fingerprint density at radius 2 is 1.83 bits per heavy atom. The quantitative estimate of drug-likeness (QED) is 0.764. The lowest BCUT2D eigenvalue weighted by Gasteiger charge is -2.07. The molecule has 24 heavy (non-hydrogen) atoms. The molecule has 0 fully saturated rings. The van der Waals surface area contributed by atoms with Gasteiger partial charge >= 0.3 is 0 Å². The predicted octanol–water partition coefficient (Wildman–Crippen LogP) is 3.92. The summed E-state index contributed by atoms with van der Waals surface area (Å²) in [6.07, 6.45) is 1.47. The smallest absolute Gasteiger partial charge is 0.274 e. The molecule has 0 radical (unpaired) electrons. The van der Waals surface area contributed by atoms with E-state index in [-0.39, 0.29) is 23.4 Å². The molecule has 1 aromatic heterocycles. The summed E-state index contributed by atoms with van der Waals surface area (Å²) in [4.78, 5) is 20.5. The van der Waals surface area contributed by atoms with E-state index >= 15 is 0 Å². The average molecular weight is 322 g/mol. The van der Waals surface area contributed by atoms with Crippen molar-refractivity contribution in [2.24, 2.45) is 0 Å². The minimum absolute atomic E-state index is 0.212. The molecule has 0 aliphatic rings. The molecule has 6 heteroatoms. The van der Waals surface area contributed by atoms with Crippen molar-refractivity contribution in [3.05, 3.63) is 77.9 Å². The fraction of sp³-hybridized carbons (Fsp3) is 0.0556. The number of nitrogens with zero attached hydrogens (tertiary/aromatic N) is 2. The van der Waals surface area contributed by atoms with Gasteiger partial charge < -0.3 is 10.6 Å². The molecule has 2 aromatic carbocycles. The Labute approximate surface area is 138 Å². The number of aromatic nitrogens is 2. The van der Waals surface area contributed by atoms with E-state index in [1.807, 2.05) is 31.2 Å². The molecule has 0 unspecified atom stereocenters. The summed E-state index contributed by atoms with van der Waals surface area (Å²) in [5.74, 6) is -0.492. The van der Waals surface area contributed by atoms with Gasteiger partial charge in [-0.15, -0.1) is 0 Å². The zero-order valence-corrected chi connectivity index (χ0v) is 13.0. The van der Waals surface area contributed by atoms with Crippen molar-refractivity contribution in [2.45, 2.75) is 6.92 Å². The Morgan fingerprint density at radius 3 is 2.58 bits per heavy atom. The molecule has 0 atom stereocenters. The summed E-state index contributed by atoms with van der Waals surface area (Å²) < 4.78 is 13.2. The van der Waals surface area contributed by atoms with Crippen LogP contribution in [0.2, 0.25) is 0 Å².